The summed E-state index contributed by atoms with van der Waals surface area (Å²) < 4.78 is 22.5. The van der Waals surface area contributed by atoms with E-state index in [0.717, 1.165) is 6.26 Å². The molecule has 0 fully saturated rings. The van der Waals surface area contributed by atoms with Gasteiger partial charge in [0.15, 0.2) is 0 Å². The van der Waals surface area contributed by atoms with Gasteiger partial charge in [0.1, 0.15) is 0 Å². The fraction of sp³-hybridized carbons (Fsp3) is 1.00. The van der Waals surface area contributed by atoms with Gasteiger partial charge >= 0.3 is 0 Å². The highest BCUT2D eigenvalue weighted by atomic mass is 36.0. The molecule has 7 heteroatoms. The number of hydrogen-bond acceptors (Lipinski definition) is 2. The van der Waals surface area contributed by atoms with Gasteiger partial charge in [-0.25, -0.2) is 0 Å². The summed E-state index contributed by atoms with van der Waals surface area (Å²) in [4.78, 5) is 0. The Morgan fingerprint density at radius 2 is 1.88 bits per heavy atom. The van der Waals surface area contributed by atoms with Crippen LogP contribution in [0.2, 0.25) is 0 Å². The number of hydrogen-bond donors (Lipinski definition) is 1. The van der Waals surface area contributed by atoms with Gasteiger partial charge < -0.3 is 9.35 Å². The molecular formula is CH5Cl2FNOS2-. The first-order valence-electron chi connectivity index (χ1n) is 1.44. The monoisotopic (exact) mass is 200 g/mol. The number of halogens is 3. The number of nitrogens with two attached hydrogens (primary N) is 1. The molecule has 2 N–H and O–H groups in total. The molecule has 0 rings (SSSR count). The van der Waals surface area contributed by atoms with Crippen molar-refractivity contribution in [1.29, 1.82) is 0 Å². The second kappa shape index (κ2) is 1.98. The minimum atomic E-state index is -4.27. The second-order valence-corrected chi connectivity index (χ2v) is 13.1. The first-order chi connectivity index (χ1) is 3.20. The fourth-order valence-electron chi connectivity index (χ4n) is 0. The lowest BCUT2D eigenvalue weighted by Crippen LogP contribution is -2.13. The molecule has 0 amide bonds. The molecule has 0 saturated carbocycles. The molecule has 0 aliphatic carbocycles. The van der Waals surface area contributed by atoms with Crippen LogP contribution in [0.5, 0.6) is 0 Å². The van der Waals surface area contributed by atoms with Crippen molar-refractivity contribution in [1.82, 2.24) is 0 Å². The average molecular weight is 201 g/mol. The second-order valence-electron chi connectivity index (χ2n) is 1.25. The van der Waals surface area contributed by atoms with E-state index in [9.17, 15) is 8.09 Å². The highest BCUT2D eigenvalue weighted by Crippen LogP contribution is 2.37. The molecule has 0 saturated heterocycles. The van der Waals surface area contributed by atoms with Gasteiger partial charge in [0.05, 0.1) is 0 Å². The maximum Gasteiger partial charge on any atom is -0.00570 e. The van der Waals surface area contributed by atoms with Gasteiger partial charge in [0, 0.05) is 0 Å². The van der Waals surface area contributed by atoms with E-state index >= 15 is 0 Å². The summed E-state index contributed by atoms with van der Waals surface area (Å²) in [5, 5.41) is 4.59. The van der Waals surface area contributed by atoms with Gasteiger partial charge in [-0.15, -0.1) is 9.54 Å². The topological polar surface area (TPSA) is 43.1 Å². The maximum atomic E-state index is 12.4. The standard InChI is InChI=1S/CH5Cl2FNOS2/c1-8(2,3,4)7(5)6/h1H3,(H2,5,6)/q-1. The van der Waals surface area contributed by atoms with E-state index in [1.165, 1.54) is 0 Å². The predicted molar refractivity (Wildman–Crippen MR) is 38.3 cm³/mol. The third-order valence-electron chi connectivity index (χ3n) is 0.351. The van der Waals surface area contributed by atoms with Crippen LogP contribution in [0, 0.1) is 0 Å². The molecule has 0 radical (unpaired) electrons. The van der Waals surface area contributed by atoms with Crippen LogP contribution >= 0.6 is 21.4 Å². The van der Waals surface area contributed by atoms with E-state index in [0.29, 0.717) is 0 Å². The Labute approximate surface area is 57.1 Å². The van der Waals surface area contributed by atoms with Crippen molar-refractivity contribution in [2.24, 2.45) is 5.14 Å². The summed E-state index contributed by atoms with van der Waals surface area (Å²) in [5.74, 6) is 0. The number of rotatable bonds is 0. The Balaban J connectivity index is 5.28. The molecular weight excluding hydrogens is 196 g/mol. The van der Waals surface area contributed by atoms with Crippen LogP contribution in [-0.4, -0.2) is 6.26 Å². The Morgan fingerprint density at radius 1 is 1.75 bits per heavy atom. The summed E-state index contributed by atoms with van der Waals surface area (Å²) >= 11 is 0. The third-order valence-corrected chi connectivity index (χ3v) is 5.39. The Hall–Kier alpha value is 0.970. The van der Waals surface area contributed by atoms with Crippen molar-refractivity contribution in [3.05, 3.63) is 0 Å². The lowest BCUT2D eigenvalue weighted by molar-refractivity contribution is 0.604. The quantitative estimate of drug-likeness (QED) is 0.465. The SMILES string of the molecule is CS(F)(Cl)(Cl)=[S-](N)=O. The molecule has 0 aromatic rings. The minimum Gasteiger partial charge on any atom is -0.439 e. The largest absolute Gasteiger partial charge is 0.439 e. The molecule has 0 bridgehead atoms. The highest BCUT2D eigenvalue weighted by Gasteiger charge is 2.11. The Kier molecular flexibility index (Phi) is 2.22. The molecule has 0 spiro atoms. The average Bonchev–Trinajstić information content (AvgIpc) is 1.27. The van der Waals surface area contributed by atoms with Gasteiger partial charge in [-0.1, -0.05) is 0 Å². The molecule has 0 aromatic carbocycles. The smallest absolute Gasteiger partial charge is 0.00570 e. The Morgan fingerprint density at radius 3 is 1.88 bits per heavy atom. The third kappa shape index (κ3) is 3.09. The van der Waals surface area contributed by atoms with E-state index < -0.39 is 16.1 Å². The van der Waals surface area contributed by atoms with Crippen molar-refractivity contribution < 1.29 is 8.09 Å². The summed E-state index contributed by atoms with van der Waals surface area (Å²) in [7, 11) is 7.53. The van der Waals surface area contributed by atoms with E-state index in [-0.39, 0.29) is 0 Å². The van der Waals surface area contributed by atoms with Crippen molar-refractivity contribution in [2.45, 2.75) is 0 Å². The van der Waals surface area contributed by atoms with Crippen molar-refractivity contribution in [2.75, 3.05) is 6.26 Å². The molecule has 0 atom stereocenters. The van der Waals surface area contributed by atoms with Gasteiger partial charge in [-0.2, -0.15) is 3.89 Å². The lowest BCUT2D eigenvalue weighted by atomic mass is 12.0. The van der Waals surface area contributed by atoms with Crippen molar-refractivity contribution in [3.63, 3.8) is 0 Å². The lowest BCUT2D eigenvalue weighted by Gasteiger charge is -2.25. The predicted octanol–water partition coefficient (Wildman–Crippen LogP) is 1.25. The van der Waals surface area contributed by atoms with Crippen LogP contribution in [0.4, 0.5) is 3.89 Å². The van der Waals surface area contributed by atoms with E-state index in [1.54, 1.807) is 0 Å². The van der Waals surface area contributed by atoms with E-state index in [4.69, 9.17) is 21.4 Å². The maximum absolute atomic E-state index is 12.4. The molecule has 54 valence electrons. The highest BCUT2D eigenvalue weighted by molar-refractivity contribution is 8.77. The molecule has 0 heterocycles. The molecule has 0 aliphatic rings. The summed E-state index contributed by atoms with van der Waals surface area (Å²) in [6, 6.07) is 0. The van der Waals surface area contributed by atoms with Gasteiger partial charge in [0.25, 0.3) is 0 Å². The zero-order valence-corrected chi connectivity index (χ0v) is 7.08. The zero-order chi connectivity index (χ0) is 7.02. The summed E-state index contributed by atoms with van der Waals surface area (Å²) in [6.07, 6.45) is 0.830. The molecule has 2 nitrogen and oxygen atoms in total. The summed E-state index contributed by atoms with van der Waals surface area (Å²) in [6.45, 7) is -4.27. The van der Waals surface area contributed by atoms with Crippen LogP contribution < -0.4 is 5.14 Å². The summed E-state index contributed by atoms with van der Waals surface area (Å²) in [5.41, 5.74) is 0. The molecule has 0 aliphatic heterocycles. The van der Waals surface area contributed by atoms with Crippen molar-refractivity contribution >= 4 is 37.4 Å². The molecule has 0 unspecified atom stereocenters. The van der Waals surface area contributed by atoms with Gasteiger partial charge in [-0.3, -0.25) is 0 Å². The van der Waals surface area contributed by atoms with Crippen LogP contribution in [0.1, 0.15) is 0 Å². The van der Waals surface area contributed by atoms with Gasteiger partial charge in [-0.05, 0) is 34.2 Å². The van der Waals surface area contributed by atoms with Crippen LogP contribution in [0.15, 0.2) is 0 Å². The Bertz CT molecular complexity index is 189. The van der Waals surface area contributed by atoms with Crippen LogP contribution in [-0.2, 0) is 20.3 Å². The fourth-order valence-corrected chi connectivity index (χ4v) is 0. The first kappa shape index (κ1) is 8.97. The minimum absolute atomic E-state index is 0.830. The van der Waals surface area contributed by atoms with E-state index in [1.807, 2.05) is 0 Å². The van der Waals surface area contributed by atoms with Crippen LogP contribution in [0.25, 0.3) is 0 Å². The first-order valence-corrected chi connectivity index (χ1v) is 7.17. The zero-order valence-electron chi connectivity index (χ0n) is 3.94. The molecule has 0 aromatic heterocycles. The molecule has 8 heavy (non-hydrogen) atoms. The van der Waals surface area contributed by atoms with Crippen molar-refractivity contribution in [3.8, 4) is 0 Å². The van der Waals surface area contributed by atoms with Crippen LogP contribution in [0.3, 0.4) is 0 Å². The van der Waals surface area contributed by atoms with Gasteiger partial charge in [0.2, 0.25) is 0 Å². The van der Waals surface area contributed by atoms with E-state index in [2.05, 4.69) is 5.14 Å². The normalized spacial score (nSPS) is 18.0.